The van der Waals surface area contributed by atoms with Crippen LogP contribution in [-0.2, 0) is 4.79 Å². The lowest BCUT2D eigenvalue weighted by molar-refractivity contribution is -0.136. The number of carboxylic acids is 1. The highest BCUT2D eigenvalue weighted by Crippen LogP contribution is 2.05. The molecule has 3 heteroatoms. The minimum atomic E-state index is -0.765. The molecule has 0 amide bonds. The molecule has 1 saturated heterocycles. The van der Waals surface area contributed by atoms with Gasteiger partial charge in [-0.15, -0.1) is 0 Å². The fourth-order valence-electron chi connectivity index (χ4n) is 1.21. The van der Waals surface area contributed by atoms with Crippen LogP contribution in [-0.4, -0.2) is 23.7 Å². The third-order valence-electron chi connectivity index (χ3n) is 1.76. The van der Waals surface area contributed by atoms with Gasteiger partial charge in [0.05, 0.1) is 6.42 Å². The smallest absolute Gasteiger partial charge is 0.307 e. The first-order valence-corrected chi connectivity index (χ1v) is 3.91. The molecule has 0 spiro atoms. The van der Waals surface area contributed by atoms with Crippen molar-refractivity contribution in [2.45, 2.75) is 25.3 Å². The molecule has 62 valence electrons. The monoisotopic (exact) mass is 155 g/mol. The zero-order valence-corrected chi connectivity index (χ0v) is 6.42. The summed E-state index contributed by atoms with van der Waals surface area (Å²) in [5, 5.41) is 11.6. The van der Waals surface area contributed by atoms with E-state index in [-0.39, 0.29) is 6.42 Å². The second-order valence-corrected chi connectivity index (χ2v) is 2.73. The fourth-order valence-corrected chi connectivity index (χ4v) is 1.21. The third-order valence-corrected chi connectivity index (χ3v) is 1.76. The van der Waals surface area contributed by atoms with E-state index in [9.17, 15) is 4.79 Å². The molecule has 0 aromatic carbocycles. The van der Waals surface area contributed by atoms with Crippen molar-refractivity contribution in [3.63, 3.8) is 0 Å². The van der Waals surface area contributed by atoms with E-state index >= 15 is 0 Å². The van der Waals surface area contributed by atoms with Gasteiger partial charge in [0.25, 0.3) is 0 Å². The van der Waals surface area contributed by atoms with E-state index in [1.54, 1.807) is 6.08 Å². The number of nitrogens with one attached hydrogen (secondary N) is 1. The molecule has 0 aromatic heterocycles. The standard InChI is InChI=1S/C8H13NO2/c10-8(11)5-1-3-7-4-2-6-9-7/h1,3,7,9H,2,4-6H2,(H,10,11). The quantitative estimate of drug-likeness (QED) is 0.592. The normalized spacial score (nSPS) is 24.5. The number of carboxylic acid groups (broad SMARTS) is 1. The molecule has 0 radical (unpaired) electrons. The second-order valence-electron chi connectivity index (χ2n) is 2.73. The Kier molecular flexibility index (Phi) is 3.11. The van der Waals surface area contributed by atoms with Crippen molar-refractivity contribution in [1.29, 1.82) is 0 Å². The van der Waals surface area contributed by atoms with Crippen molar-refractivity contribution < 1.29 is 9.90 Å². The van der Waals surface area contributed by atoms with Crippen LogP contribution in [0.2, 0.25) is 0 Å². The maximum absolute atomic E-state index is 10.1. The average molecular weight is 155 g/mol. The Morgan fingerprint density at radius 1 is 1.73 bits per heavy atom. The SMILES string of the molecule is O=C(O)CC=CC1CCCN1. The van der Waals surface area contributed by atoms with E-state index in [1.165, 1.54) is 6.42 Å². The largest absolute Gasteiger partial charge is 0.481 e. The minimum absolute atomic E-state index is 0.137. The van der Waals surface area contributed by atoms with Crippen LogP contribution in [0.15, 0.2) is 12.2 Å². The van der Waals surface area contributed by atoms with Crippen LogP contribution in [0, 0.1) is 0 Å². The summed E-state index contributed by atoms with van der Waals surface area (Å²) in [6.45, 7) is 1.06. The summed E-state index contributed by atoms with van der Waals surface area (Å²) >= 11 is 0. The molecule has 3 nitrogen and oxygen atoms in total. The molecule has 1 aliphatic heterocycles. The Hall–Kier alpha value is -0.830. The van der Waals surface area contributed by atoms with Gasteiger partial charge >= 0.3 is 5.97 Å². The molecule has 0 saturated carbocycles. The Labute approximate surface area is 66.1 Å². The van der Waals surface area contributed by atoms with Gasteiger partial charge in [-0.1, -0.05) is 12.2 Å². The lowest BCUT2D eigenvalue weighted by atomic mass is 10.2. The van der Waals surface area contributed by atoms with E-state index in [2.05, 4.69) is 5.32 Å². The van der Waals surface area contributed by atoms with Crippen molar-refractivity contribution in [2.75, 3.05) is 6.54 Å². The maximum Gasteiger partial charge on any atom is 0.307 e. The molecule has 0 aliphatic carbocycles. The van der Waals surface area contributed by atoms with Crippen LogP contribution >= 0.6 is 0 Å². The lowest BCUT2D eigenvalue weighted by Crippen LogP contribution is -2.18. The highest BCUT2D eigenvalue weighted by atomic mass is 16.4. The zero-order valence-electron chi connectivity index (χ0n) is 6.42. The topological polar surface area (TPSA) is 49.3 Å². The Morgan fingerprint density at radius 3 is 3.09 bits per heavy atom. The number of carbonyl (C=O) groups is 1. The predicted octanol–water partition coefficient (Wildman–Crippen LogP) is 0.769. The van der Waals surface area contributed by atoms with Gasteiger partial charge in [-0.25, -0.2) is 0 Å². The van der Waals surface area contributed by atoms with Crippen LogP contribution < -0.4 is 5.32 Å². The summed E-state index contributed by atoms with van der Waals surface area (Å²) < 4.78 is 0. The van der Waals surface area contributed by atoms with Gasteiger partial charge in [0.2, 0.25) is 0 Å². The Morgan fingerprint density at radius 2 is 2.55 bits per heavy atom. The van der Waals surface area contributed by atoms with Gasteiger partial charge in [-0.05, 0) is 19.4 Å². The Balaban J connectivity index is 2.17. The summed E-state index contributed by atoms with van der Waals surface area (Å²) in [7, 11) is 0. The molecular formula is C8H13NO2. The van der Waals surface area contributed by atoms with Crippen LogP contribution in [0.3, 0.4) is 0 Å². The molecule has 1 unspecified atom stereocenters. The summed E-state index contributed by atoms with van der Waals surface area (Å²) in [5.41, 5.74) is 0. The average Bonchev–Trinajstić information content (AvgIpc) is 2.39. The van der Waals surface area contributed by atoms with E-state index in [0.717, 1.165) is 13.0 Å². The molecule has 1 heterocycles. The molecule has 11 heavy (non-hydrogen) atoms. The molecule has 1 rings (SSSR count). The van der Waals surface area contributed by atoms with Crippen LogP contribution in [0.25, 0.3) is 0 Å². The van der Waals surface area contributed by atoms with Gasteiger partial charge < -0.3 is 10.4 Å². The van der Waals surface area contributed by atoms with Gasteiger partial charge in [-0.3, -0.25) is 4.79 Å². The second kappa shape index (κ2) is 4.13. The van der Waals surface area contributed by atoms with Crippen LogP contribution in [0.5, 0.6) is 0 Å². The molecule has 1 aliphatic rings. The third kappa shape index (κ3) is 3.18. The molecule has 1 fully saturated rings. The van der Waals surface area contributed by atoms with Gasteiger partial charge in [-0.2, -0.15) is 0 Å². The highest BCUT2D eigenvalue weighted by Gasteiger charge is 2.09. The first kappa shape index (κ1) is 8.27. The van der Waals surface area contributed by atoms with Crippen LogP contribution in [0.1, 0.15) is 19.3 Å². The minimum Gasteiger partial charge on any atom is -0.481 e. The molecular weight excluding hydrogens is 142 g/mol. The molecule has 1 atom stereocenters. The van der Waals surface area contributed by atoms with Gasteiger partial charge in [0, 0.05) is 6.04 Å². The van der Waals surface area contributed by atoms with Crippen molar-refractivity contribution >= 4 is 5.97 Å². The lowest BCUT2D eigenvalue weighted by Gasteiger charge is -2.00. The summed E-state index contributed by atoms with van der Waals surface area (Å²) in [4.78, 5) is 10.1. The van der Waals surface area contributed by atoms with E-state index in [0.29, 0.717) is 6.04 Å². The number of rotatable bonds is 3. The summed E-state index contributed by atoms with van der Waals surface area (Å²) in [5.74, 6) is -0.765. The van der Waals surface area contributed by atoms with E-state index in [1.807, 2.05) is 6.08 Å². The first-order valence-electron chi connectivity index (χ1n) is 3.91. The Bertz CT molecular complexity index is 159. The van der Waals surface area contributed by atoms with Crippen molar-refractivity contribution in [3.05, 3.63) is 12.2 Å². The fraction of sp³-hybridized carbons (Fsp3) is 0.625. The van der Waals surface area contributed by atoms with E-state index in [4.69, 9.17) is 5.11 Å². The zero-order chi connectivity index (χ0) is 8.10. The van der Waals surface area contributed by atoms with Crippen LogP contribution in [0.4, 0.5) is 0 Å². The summed E-state index contributed by atoms with van der Waals surface area (Å²) in [6.07, 6.45) is 6.13. The maximum atomic E-state index is 10.1. The highest BCUT2D eigenvalue weighted by molar-refractivity contribution is 5.68. The van der Waals surface area contributed by atoms with Gasteiger partial charge in [0.15, 0.2) is 0 Å². The summed E-state index contributed by atoms with van der Waals surface area (Å²) in [6, 6.07) is 0.411. The number of aliphatic carboxylic acids is 1. The van der Waals surface area contributed by atoms with Crippen molar-refractivity contribution in [3.8, 4) is 0 Å². The molecule has 2 N–H and O–H groups in total. The van der Waals surface area contributed by atoms with Crippen molar-refractivity contribution in [1.82, 2.24) is 5.32 Å². The number of hydrogen-bond donors (Lipinski definition) is 2. The van der Waals surface area contributed by atoms with E-state index < -0.39 is 5.97 Å². The molecule has 0 aromatic rings. The number of hydrogen-bond acceptors (Lipinski definition) is 2. The molecule has 0 bridgehead atoms. The van der Waals surface area contributed by atoms with Crippen molar-refractivity contribution in [2.24, 2.45) is 0 Å². The van der Waals surface area contributed by atoms with Gasteiger partial charge in [0.1, 0.15) is 0 Å². The first-order chi connectivity index (χ1) is 5.29. The predicted molar refractivity (Wildman–Crippen MR) is 42.4 cm³/mol.